The molecule has 0 spiro atoms. The van der Waals surface area contributed by atoms with Crippen LogP contribution in [0.5, 0.6) is 0 Å². The molecule has 0 N–H and O–H groups in total. The molecule has 0 fully saturated rings. The molecule has 0 aliphatic heterocycles. The molecule has 5 aromatic carbocycles. The molecule has 0 heterocycles. The molecule has 0 nitrogen and oxygen atoms in total. The van der Waals surface area contributed by atoms with Gasteiger partial charge < -0.3 is 0 Å². The van der Waals surface area contributed by atoms with Crippen molar-refractivity contribution in [1.82, 2.24) is 0 Å². The van der Waals surface area contributed by atoms with E-state index in [1.165, 1.54) is 99.5 Å². The topological polar surface area (TPSA) is 0 Å². The maximum absolute atomic E-state index is 2.45. The third kappa shape index (κ3) is 3.30. The predicted octanol–water partition coefficient (Wildman–Crippen LogP) is 8.49. The van der Waals surface area contributed by atoms with E-state index in [0.717, 1.165) is 0 Å². The summed E-state index contributed by atoms with van der Waals surface area (Å²) >= 11 is 0. The molecule has 0 amide bonds. The minimum atomic E-state index is 1.32. The van der Waals surface area contributed by atoms with Gasteiger partial charge in [0, 0.05) is 0 Å². The number of fused-ring (bicyclic) bond motifs is 6. The van der Waals surface area contributed by atoms with Gasteiger partial charge in [-0.25, -0.2) is 0 Å². The van der Waals surface area contributed by atoms with Gasteiger partial charge in [-0.05, 0) is 154 Å². The van der Waals surface area contributed by atoms with Gasteiger partial charge in [0.05, 0.1) is 0 Å². The second-order valence-corrected chi connectivity index (χ2v) is 11.4. The van der Waals surface area contributed by atoms with E-state index in [4.69, 9.17) is 0 Å². The zero-order valence-corrected chi connectivity index (χ0v) is 23.1. The molecule has 0 aromatic heterocycles. The van der Waals surface area contributed by atoms with Gasteiger partial charge in [-0.2, -0.15) is 0 Å². The summed E-state index contributed by atoms with van der Waals surface area (Å²) < 4.78 is 0. The Hall–Kier alpha value is -4.16. The molecule has 0 saturated carbocycles. The zero-order chi connectivity index (χ0) is 26.3. The van der Waals surface area contributed by atoms with Crippen LogP contribution in [0, 0.1) is 41.5 Å². The van der Waals surface area contributed by atoms with E-state index in [0.29, 0.717) is 0 Å². The molecule has 0 atom stereocenters. The third-order valence-electron chi connectivity index (χ3n) is 8.49. The Morgan fingerprint density at radius 2 is 0.921 bits per heavy atom. The summed E-state index contributed by atoms with van der Waals surface area (Å²) in [6.45, 7) is 13.5. The highest BCUT2D eigenvalue weighted by Crippen LogP contribution is 2.46. The number of hydrogen-bond donors (Lipinski definition) is 0. The first-order chi connectivity index (χ1) is 18.3. The fourth-order valence-electron chi connectivity index (χ4n) is 7.19. The van der Waals surface area contributed by atoms with Crippen LogP contribution in [0.2, 0.25) is 0 Å². The van der Waals surface area contributed by atoms with Crippen molar-refractivity contribution < 1.29 is 0 Å². The lowest BCUT2D eigenvalue weighted by atomic mass is 9.81. The largest absolute Gasteiger partial charge is 0.0616 e. The van der Waals surface area contributed by atoms with Gasteiger partial charge in [0.2, 0.25) is 0 Å². The molecule has 0 unspecified atom stereocenters. The zero-order valence-electron chi connectivity index (χ0n) is 23.1. The predicted molar refractivity (Wildman–Crippen MR) is 163 cm³/mol. The number of rotatable bonds is 2. The smallest absolute Gasteiger partial charge is 0.00208 e. The van der Waals surface area contributed by atoms with E-state index < -0.39 is 0 Å². The molecule has 38 heavy (non-hydrogen) atoms. The molecule has 2 aliphatic rings. The quantitative estimate of drug-likeness (QED) is 0.229. The second-order valence-electron chi connectivity index (χ2n) is 11.4. The lowest BCUT2D eigenvalue weighted by molar-refractivity contribution is 1.30. The molecule has 0 heteroatoms. The Bertz CT molecular complexity index is 1920. The van der Waals surface area contributed by atoms with Crippen molar-refractivity contribution in [3.63, 3.8) is 0 Å². The first-order valence-corrected chi connectivity index (χ1v) is 13.6. The van der Waals surface area contributed by atoms with Crippen molar-refractivity contribution in [1.29, 1.82) is 0 Å². The number of benzene rings is 5. The molecule has 2 aliphatic carbocycles. The minimum absolute atomic E-state index is 1.32. The van der Waals surface area contributed by atoms with Crippen LogP contribution in [-0.2, 0) is 0 Å². The van der Waals surface area contributed by atoms with Crippen LogP contribution in [0.15, 0.2) is 72.8 Å². The van der Waals surface area contributed by atoms with Crippen molar-refractivity contribution in [2.75, 3.05) is 0 Å². The van der Waals surface area contributed by atoms with E-state index in [2.05, 4.69) is 126 Å². The summed E-state index contributed by atoms with van der Waals surface area (Å²) in [5, 5.41) is 2.65. The summed E-state index contributed by atoms with van der Waals surface area (Å²) in [4.78, 5) is 0. The van der Waals surface area contributed by atoms with Crippen LogP contribution in [0.4, 0.5) is 0 Å². The molecule has 5 aromatic rings. The minimum Gasteiger partial charge on any atom is -0.0616 e. The molecule has 0 bridgehead atoms. The van der Waals surface area contributed by atoms with Crippen LogP contribution < -0.4 is 10.4 Å². The average Bonchev–Trinajstić information content (AvgIpc) is 3.39. The maximum Gasteiger partial charge on any atom is -0.00208 e. The summed E-state index contributed by atoms with van der Waals surface area (Å²) in [6.07, 6.45) is 4.79. The first-order valence-electron chi connectivity index (χ1n) is 13.6. The van der Waals surface area contributed by atoms with Crippen molar-refractivity contribution >= 4 is 12.2 Å². The fraction of sp³-hybridized carbons (Fsp3) is 0.158. The molecule has 184 valence electrons. The Balaban J connectivity index is 1.57. The van der Waals surface area contributed by atoms with Crippen LogP contribution in [0.25, 0.3) is 56.7 Å². The van der Waals surface area contributed by atoms with Gasteiger partial charge in [0.25, 0.3) is 0 Å². The highest BCUT2D eigenvalue weighted by atomic mass is 14.3. The maximum atomic E-state index is 2.45. The van der Waals surface area contributed by atoms with E-state index in [9.17, 15) is 0 Å². The van der Waals surface area contributed by atoms with Gasteiger partial charge >= 0.3 is 0 Å². The van der Waals surface area contributed by atoms with E-state index in [1.807, 2.05) is 0 Å². The van der Waals surface area contributed by atoms with Gasteiger partial charge in [-0.3, -0.25) is 0 Å². The van der Waals surface area contributed by atoms with Crippen LogP contribution >= 0.6 is 0 Å². The Morgan fingerprint density at radius 3 is 1.58 bits per heavy atom. The van der Waals surface area contributed by atoms with Crippen molar-refractivity contribution in [2.24, 2.45) is 0 Å². The molecule has 0 saturated heterocycles. The van der Waals surface area contributed by atoms with Crippen LogP contribution in [0.1, 0.15) is 44.5 Å². The summed E-state index contributed by atoms with van der Waals surface area (Å²) in [7, 11) is 0. The normalized spacial score (nSPS) is 12.4. The van der Waals surface area contributed by atoms with Gasteiger partial charge in [0.1, 0.15) is 0 Å². The lowest BCUT2D eigenvalue weighted by Crippen LogP contribution is -2.10. The number of hydrogen-bond acceptors (Lipinski definition) is 0. The van der Waals surface area contributed by atoms with Crippen LogP contribution in [-0.4, -0.2) is 0 Å². The van der Waals surface area contributed by atoms with Crippen molar-refractivity contribution in [3.8, 4) is 44.5 Å². The lowest BCUT2D eigenvalue weighted by Gasteiger charge is -2.22. The Labute approximate surface area is 225 Å². The van der Waals surface area contributed by atoms with Gasteiger partial charge in [0.15, 0.2) is 0 Å². The standard InChI is InChI=1S/C38H32/c1-21-13-23(3)36(24(4)14-21)32-12-11-31-34-18-28-17-27-9-7-8-10-30(27)33(28)19-29(34)20-35(31)38(32)37-25(5)15-22(2)16-26(37)6/h7-20H,1-6H3. The Kier molecular flexibility index (Phi) is 4.94. The monoisotopic (exact) mass is 488 g/mol. The first kappa shape index (κ1) is 23.0. The highest BCUT2D eigenvalue weighted by Gasteiger charge is 2.25. The SMILES string of the molecule is Cc1cc(C)c(-c2ccc3c(c2-c2c(C)cc(C)cc2C)C=c2cc4c(cc2-3)=Cc2ccccc2-4)c(C)c1. The molecular formula is C38H32. The summed E-state index contributed by atoms with van der Waals surface area (Å²) in [5.74, 6) is 0. The van der Waals surface area contributed by atoms with Crippen molar-refractivity contribution in [2.45, 2.75) is 41.5 Å². The van der Waals surface area contributed by atoms with E-state index >= 15 is 0 Å². The van der Waals surface area contributed by atoms with Crippen LogP contribution in [0.3, 0.4) is 0 Å². The highest BCUT2D eigenvalue weighted by molar-refractivity contribution is 6.01. The van der Waals surface area contributed by atoms with E-state index in [-0.39, 0.29) is 0 Å². The average molecular weight is 489 g/mol. The number of aryl methyl sites for hydroxylation is 6. The van der Waals surface area contributed by atoms with Crippen molar-refractivity contribution in [3.05, 3.63) is 128 Å². The third-order valence-corrected chi connectivity index (χ3v) is 8.49. The molecular weight excluding hydrogens is 456 g/mol. The van der Waals surface area contributed by atoms with Gasteiger partial charge in [-0.1, -0.05) is 71.8 Å². The Morgan fingerprint density at radius 1 is 0.395 bits per heavy atom. The van der Waals surface area contributed by atoms with E-state index in [1.54, 1.807) is 0 Å². The summed E-state index contributed by atoms with van der Waals surface area (Å²) in [5.41, 5.74) is 21.5. The fourth-order valence-corrected chi connectivity index (χ4v) is 7.19. The second kappa shape index (κ2) is 8.17. The van der Waals surface area contributed by atoms with Gasteiger partial charge in [-0.15, -0.1) is 0 Å². The molecule has 0 radical (unpaired) electrons. The molecule has 7 rings (SSSR count). The summed E-state index contributed by atoms with van der Waals surface area (Å²) in [6, 6.07) is 27.6.